The molecule has 1 rings (SSSR count). The predicted octanol–water partition coefficient (Wildman–Crippen LogP) is 0.771. The van der Waals surface area contributed by atoms with Crippen molar-refractivity contribution in [1.82, 2.24) is 0 Å². The molecule has 1 aromatic carbocycles. The van der Waals surface area contributed by atoms with E-state index < -0.39 is 11.6 Å². The van der Waals surface area contributed by atoms with Crippen LogP contribution in [0.5, 0.6) is 5.75 Å². The Kier molecular flexibility index (Phi) is 1.55. The number of benzene rings is 1. The summed E-state index contributed by atoms with van der Waals surface area (Å²) < 4.78 is 12.4. The number of halogens is 1. The summed E-state index contributed by atoms with van der Waals surface area (Å²) in [6.07, 6.45) is 0. The number of hydrogen-bond acceptors (Lipinski definition) is 2. The maximum Gasteiger partial charge on any atom is 0.140 e. The van der Waals surface area contributed by atoms with E-state index >= 15 is 0 Å². The molecular weight excluding hydrogens is 133 g/mol. The molecule has 0 fully saturated rings. The Labute approximate surface area is 57.1 Å². The van der Waals surface area contributed by atoms with Crippen LogP contribution in [0.4, 0.5) is 4.39 Å². The maximum atomic E-state index is 12.4. The largest absolute Gasteiger partial charge is 0.872 e. The van der Waals surface area contributed by atoms with Gasteiger partial charge >= 0.3 is 0 Å². The summed E-state index contributed by atoms with van der Waals surface area (Å²) in [5.74, 6) is -1.17. The van der Waals surface area contributed by atoms with E-state index in [0.717, 1.165) is 18.2 Å². The van der Waals surface area contributed by atoms with Crippen LogP contribution in [0.3, 0.4) is 0 Å². The van der Waals surface area contributed by atoms with Gasteiger partial charge in [-0.1, -0.05) is 6.07 Å². The lowest BCUT2D eigenvalue weighted by Crippen LogP contribution is -1.91. The molecule has 0 aromatic heterocycles. The van der Waals surface area contributed by atoms with Gasteiger partial charge in [-0.05, 0) is 12.1 Å². The van der Waals surface area contributed by atoms with E-state index in [-0.39, 0.29) is 5.56 Å². The van der Waals surface area contributed by atoms with Gasteiger partial charge in [-0.3, -0.25) is 0 Å². The molecule has 3 heteroatoms. The lowest BCUT2D eigenvalue weighted by molar-refractivity contribution is -0.268. The third kappa shape index (κ3) is 1.06. The third-order valence-electron chi connectivity index (χ3n) is 1.06. The van der Waals surface area contributed by atoms with Gasteiger partial charge in [-0.25, -0.2) is 4.39 Å². The van der Waals surface area contributed by atoms with Crippen LogP contribution in [0.25, 0.3) is 0 Å². The fourth-order valence-electron chi connectivity index (χ4n) is 0.587. The van der Waals surface area contributed by atoms with Crippen LogP contribution in [-0.4, -0.2) is 0 Å². The van der Waals surface area contributed by atoms with Crippen molar-refractivity contribution in [2.45, 2.75) is 0 Å². The molecule has 50 valence electrons. The summed E-state index contributed by atoms with van der Waals surface area (Å²) in [6.45, 7) is 0. The molecule has 10 heavy (non-hydrogen) atoms. The summed E-state index contributed by atoms with van der Waals surface area (Å²) in [7, 11) is 0. The Morgan fingerprint density at radius 3 is 2.70 bits per heavy atom. The Hall–Kier alpha value is -1.56. The highest BCUT2D eigenvalue weighted by Crippen LogP contribution is 2.10. The van der Waals surface area contributed by atoms with Gasteiger partial charge < -0.3 is 5.11 Å². The number of rotatable bonds is 0. The van der Waals surface area contributed by atoms with Gasteiger partial charge in [-0.15, -0.1) is 5.75 Å². The fraction of sp³-hybridized carbons (Fsp3) is 0. The topological polar surface area (TPSA) is 46.8 Å². The SMILES string of the molecule is N#Cc1ccc([O-])cc1F. The predicted molar refractivity (Wildman–Crippen MR) is 30.6 cm³/mol. The van der Waals surface area contributed by atoms with Crippen LogP contribution in [-0.2, 0) is 0 Å². The van der Waals surface area contributed by atoms with E-state index in [1.165, 1.54) is 0 Å². The standard InChI is InChI=1S/C7H4FNO/c8-7-3-6(10)2-1-5(7)4-9/h1-3,10H/p-1. The molecule has 1 aromatic rings. The lowest BCUT2D eigenvalue weighted by atomic mass is 10.2. The second kappa shape index (κ2) is 2.36. The monoisotopic (exact) mass is 136 g/mol. The summed E-state index contributed by atoms with van der Waals surface area (Å²) in [6, 6.07) is 4.72. The van der Waals surface area contributed by atoms with Crippen molar-refractivity contribution in [1.29, 1.82) is 5.26 Å². The second-order valence-electron chi connectivity index (χ2n) is 1.75. The fourth-order valence-corrected chi connectivity index (χ4v) is 0.587. The Morgan fingerprint density at radius 1 is 1.50 bits per heavy atom. The molecule has 0 aliphatic heterocycles. The molecule has 0 radical (unpaired) electrons. The molecule has 0 aliphatic carbocycles. The quantitative estimate of drug-likeness (QED) is 0.528. The zero-order chi connectivity index (χ0) is 7.56. The van der Waals surface area contributed by atoms with E-state index in [1.54, 1.807) is 6.07 Å². The van der Waals surface area contributed by atoms with Crippen LogP contribution in [0.1, 0.15) is 5.56 Å². The van der Waals surface area contributed by atoms with E-state index in [4.69, 9.17) is 5.26 Å². The van der Waals surface area contributed by atoms with Crippen LogP contribution in [0.15, 0.2) is 18.2 Å². The average molecular weight is 136 g/mol. The molecule has 2 nitrogen and oxygen atoms in total. The smallest absolute Gasteiger partial charge is 0.140 e. The van der Waals surface area contributed by atoms with E-state index in [9.17, 15) is 9.50 Å². The van der Waals surface area contributed by atoms with Crippen molar-refractivity contribution in [3.05, 3.63) is 29.6 Å². The van der Waals surface area contributed by atoms with E-state index in [1.807, 2.05) is 0 Å². The first-order chi connectivity index (χ1) is 4.74. The van der Waals surface area contributed by atoms with Crippen molar-refractivity contribution < 1.29 is 9.50 Å². The summed E-state index contributed by atoms with van der Waals surface area (Å²) in [5, 5.41) is 18.6. The Morgan fingerprint density at radius 2 is 2.20 bits per heavy atom. The average Bonchev–Trinajstić information content (AvgIpc) is 1.88. The van der Waals surface area contributed by atoms with Crippen LogP contribution in [0.2, 0.25) is 0 Å². The Balaban J connectivity index is 3.23. The highest BCUT2D eigenvalue weighted by Gasteiger charge is 1.96. The molecule has 0 atom stereocenters. The first-order valence-electron chi connectivity index (χ1n) is 2.60. The molecule has 0 heterocycles. The van der Waals surface area contributed by atoms with Crippen LogP contribution < -0.4 is 5.11 Å². The molecule has 0 bridgehead atoms. The van der Waals surface area contributed by atoms with Gasteiger partial charge in [-0.2, -0.15) is 5.26 Å². The highest BCUT2D eigenvalue weighted by molar-refractivity contribution is 5.34. The summed E-state index contributed by atoms with van der Waals surface area (Å²) in [4.78, 5) is 0. The minimum Gasteiger partial charge on any atom is -0.872 e. The molecule has 0 spiro atoms. The number of hydrogen-bond donors (Lipinski definition) is 0. The molecule has 0 amide bonds. The molecule has 0 saturated carbocycles. The molecule has 0 N–H and O–H groups in total. The Bertz CT molecular complexity index is 290. The van der Waals surface area contributed by atoms with Crippen LogP contribution >= 0.6 is 0 Å². The van der Waals surface area contributed by atoms with Crippen molar-refractivity contribution in [2.24, 2.45) is 0 Å². The van der Waals surface area contributed by atoms with Gasteiger partial charge in [0.05, 0.1) is 5.56 Å². The summed E-state index contributed by atoms with van der Waals surface area (Å²) in [5.41, 5.74) is -0.0976. The van der Waals surface area contributed by atoms with Crippen molar-refractivity contribution in [2.75, 3.05) is 0 Å². The lowest BCUT2D eigenvalue weighted by Gasteiger charge is -2.02. The highest BCUT2D eigenvalue weighted by atomic mass is 19.1. The van der Waals surface area contributed by atoms with E-state index in [0.29, 0.717) is 0 Å². The third-order valence-corrected chi connectivity index (χ3v) is 1.06. The summed E-state index contributed by atoms with van der Waals surface area (Å²) >= 11 is 0. The molecule has 0 aliphatic rings. The van der Waals surface area contributed by atoms with Crippen molar-refractivity contribution in [3.63, 3.8) is 0 Å². The number of nitrogens with zero attached hydrogens (tertiary/aromatic N) is 1. The zero-order valence-electron chi connectivity index (χ0n) is 4.97. The normalized spacial score (nSPS) is 8.80. The first kappa shape index (κ1) is 6.56. The van der Waals surface area contributed by atoms with E-state index in [2.05, 4.69) is 0 Å². The van der Waals surface area contributed by atoms with Gasteiger partial charge in [0.1, 0.15) is 11.9 Å². The van der Waals surface area contributed by atoms with Gasteiger partial charge in [0.25, 0.3) is 0 Å². The van der Waals surface area contributed by atoms with Crippen molar-refractivity contribution in [3.8, 4) is 11.8 Å². The second-order valence-corrected chi connectivity index (χ2v) is 1.75. The van der Waals surface area contributed by atoms with Gasteiger partial charge in [0.2, 0.25) is 0 Å². The van der Waals surface area contributed by atoms with Gasteiger partial charge in [0, 0.05) is 0 Å². The number of nitriles is 1. The van der Waals surface area contributed by atoms with Crippen molar-refractivity contribution >= 4 is 0 Å². The minimum absolute atomic E-state index is 0.0976. The molecule has 0 saturated heterocycles. The first-order valence-corrected chi connectivity index (χ1v) is 2.60. The molecule has 0 unspecified atom stereocenters. The maximum absolute atomic E-state index is 12.4. The van der Waals surface area contributed by atoms with Crippen LogP contribution in [0, 0.1) is 17.1 Å². The zero-order valence-corrected chi connectivity index (χ0v) is 4.97. The van der Waals surface area contributed by atoms with Gasteiger partial charge in [0.15, 0.2) is 0 Å². The minimum atomic E-state index is -0.755. The molecular formula is C7H3FNO-.